The Kier molecular flexibility index (Phi) is 3.03. The van der Waals surface area contributed by atoms with Gasteiger partial charge in [-0.3, -0.25) is 4.79 Å². The first kappa shape index (κ1) is 12.6. The molecule has 0 bridgehead atoms. The molecule has 96 valence electrons. The van der Waals surface area contributed by atoms with Gasteiger partial charge in [-0.15, -0.1) is 11.3 Å². The molecule has 1 aromatic carbocycles. The minimum atomic E-state index is -0.00306. The molecule has 3 rings (SSSR count). The van der Waals surface area contributed by atoms with Crippen LogP contribution in [0.2, 0.25) is 0 Å². The van der Waals surface area contributed by atoms with Crippen LogP contribution in [0.3, 0.4) is 0 Å². The molecule has 19 heavy (non-hydrogen) atoms. The zero-order valence-corrected chi connectivity index (χ0v) is 12.8. The summed E-state index contributed by atoms with van der Waals surface area (Å²) < 4.78 is 5.78. The van der Waals surface area contributed by atoms with Crippen LogP contribution in [0, 0.1) is 6.92 Å². The number of hydrogen-bond donors (Lipinski definition) is 0. The lowest BCUT2D eigenvalue weighted by molar-refractivity contribution is 0.104. The van der Waals surface area contributed by atoms with Crippen LogP contribution < -0.4 is 4.74 Å². The molecule has 1 aromatic heterocycles. The predicted molar refractivity (Wildman–Crippen MR) is 79.1 cm³/mol. The molecule has 0 unspecified atom stereocenters. The Morgan fingerprint density at radius 2 is 2.11 bits per heavy atom. The first-order chi connectivity index (χ1) is 9.13. The second kappa shape index (κ2) is 4.58. The lowest BCUT2D eigenvalue weighted by atomic mass is 10.0. The van der Waals surface area contributed by atoms with Crippen molar-refractivity contribution in [3.8, 4) is 5.75 Å². The number of ketones is 1. The highest BCUT2D eigenvalue weighted by atomic mass is 79.9. The molecule has 0 aliphatic heterocycles. The summed E-state index contributed by atoms with van der Waals surface area (Å²) in [6.07, 6.45) is 0. The topological polar surface area (TPSA) is 39.2 Å². The second-order valence-electron chi connectivity index (χ2n) is 4.20. The van der Waals surface area contributed by atoms with Gasteiger partial charge in [-0.2, -0.15) is 0 Å². The van der Waals surface area contributed by atoms with Crippen LogP contribution in [0.15, 0.2) is 28.2 Å². The van der Waals surface area contributed by atoms with Crippen molar-refractivity contribution >= 4 is 38.6 Å². The van der Waals surface area contributed by atoms with Crippen LogP contribution in [0.5, 0.6) is 5.75 Å². The molecule has 3 nitrogen and oxygen atoms in total. The third kappa shape index (κ3) is 1.84. The van der Waals surface area contributed by atoms with Gasteiger partial charge in [0.15, 0.2) is 0 Å². The van der Waals surface area contributed by atoms with E-state index >= 15 is 0 Å². The maximum atomic E-state index is 12.3. The van der Waals surface area contributed by atoms with E-state index in [0.717, 1.165) is 21.7 Å². The van der Waals surface area contributed by atoms with Crippen LogP contribution in [-0.4, -0.2) is 17.9 Å². The first-order valence-corrected chi connectivity index (χ1v) is 7.34. The number of thiazole rings is 1. The minimum absolute atomic E-state index is 0.00306. The molecule has 1 aliphatic carbocycles. The standard InChI is InChI=1S/C14H10BrNO2S/c1-7-14(19-6-16-7)11-9-4-3-8(18-2)5-10(9)13(17)12(11)15/h3-6H,1-2H3. The van der Waals surface area contributed by atoms with E-state index < -0.39 is 0 Å². The third-order valence-electron chi connectivity index (χ3n) is 3.13. The normalized spacial score (nSPS) is 13.9. The number of carbonyl (C=O) groups excluding carboxylic acids is 1. The second-order valence-corrected chi connectivity index (χ2v) is 5.84. The van der Waals surface area contributed by atoms with E-state index in [4.69, 9.17) is 4.74 Å². The quantitative estimate of drug-likeness (QED) is 0.837. The number of allylic oxidation sites excluding steroid dienone is 1. The summed E-state index contributed by atoms with van der Waals surface area (Å²) in [5.41, 5.74) is 5.28. The van der Waals surface area contributed by atoms with Crippen molar-refractivity contribution in [2.24, 2.45) is 0 Å². The maximum Gasteiger partial charge on any atom is 0.201 e. The summed E-state index contributed by atoms with van der Waals surface area (Å²) in [7, 11) is 1.60. The highest BCUT2D eigenvalue weighted by molar-refractivity contribution is 9.12. The summed E-state index contributed by atoms with van der Waals surface area (Å²) >= 11 is 4.96. The number of aromatic nitrogens is 1. The predicted octanol–water partition coefficient (Wildman–Crippen LogP) is 3.81. The Balaban J connectivity index is 2.23. The zero-order chi connectivity index (χ0) is 13.6. The third-order valence-corrected chi connectivity index (χ3v) is 4.83. The van der Waals surface area contributed by atoms with Gasteiger partial charge in [-0.25, -0.2) is 4.98 Å². The number of rotatable bonds is 2. The van der Waals surface area contributed by atoms with Crippen molar-refractivity contribution in [3.05, 3.63) is 49.9 Å². The van der Waals surface area contributed by atoms with E-state index in [1.807, 2.05) is 19.1 Å². The van der Waals surface area contributed by atoms with Gasteiger partial charge in [-0.05, 0) is 46.6 Å². The molecule has 1 aliphatic rings. The highest BCUT2D eigenvalue weighted by Gasteiger charge is 2.30. The largest absolute Gasteiger partial charge is 0.497 e. The van der Waals surface area contributed by atoms with Crippen molar-refractivity contribution in [2.45, 2.75) is 6.92 Å². The van der Waals surface area contributed by atoms with Gasteiger partial charge in [0.25, 0.3) is 0 Å². The van der Waals surface area contributed by atoms with Gasteiger partial charge in [0.1, 0.15) is 5.75 Å². The summed E-state index contributed by atoms with van der Waals surface area (Å²) in [5, 5.41) is 0. The number of carbonyl (C=O) groups is 1. The Bertz CT molecular complexity index is 718. The molecule has 0 N–H and O–H groups in total. The van der Waals surface area contributed by atoms with Gasteiger partial charge in [0.2, 0.25) is 5.78 Å². The summed E-state index contributed by atoms with van der Waals surface area (Å²) in [6, 6.07) is 5.57. The SMILES string of the molecule is COc1ccc2c(c1)C(=O)C(Br)=C2c1scnc1C. The smallest absolute Gasteiger partial charge is 0.201 e. The number of halogens is 1. The Morgan fingerprint density at radius 3 is 2.74 bits per heavy atom. The van der Waals surface area contributed by atoms with Gasteiger partial charge in [0, 0.05) is 11.1 Å². The molecular formula is C14H10BrNO2S. The zero-order valence-electron chi connectivity index (χ0n) is 10.4. The van der Waals surface area contributed by atoms with Crippen molar-refractivity contribution in [2.75, 3.05) is 7.11 Å². The van der Waals surface area contributed by atoms with E-state index in [0.29, 0.717) is 15.8 Å². The number of fused-ring (bicyclic) bond motifs is 1. The molecule has 0 fully saturated rings. The molecule has 0 saturated carbocycles. The van der Waals surface area contributed by atoms with E-state index in [9.17, 15) is 4.79 Å². The fraction of sp³-hybridized carbons (Fsp3) is 0.143. The monoisotopic (exact) mass is 335 g/mol. The fourth-order valence-corrected chi connectivity index (χ4v) is 3.80. The molecule has 0 atom stereocenters. The van der Waals surface area contributed by atoms with E-state index in [1.54, 1.807) is 30.0 Å². The number of nitrogens with zero attached hydrogens (tertiary/aromatic N) is 1. The van der Waals surface area contributed by atoms with Gasteiger partial charge < -0.3 is 4.74 Å². The van der Waals surface area contributed by atoms with Crippen molar-refractivity contribution in [1.29, 1.82) is 0 Å². The average Bonchev–Trinajstić information content (AvgIpc) is 2.93. The maximum absolute atomic E-state index is 12.3. The number of methoxy groups -OCH3 is 1. The summed E-state index contributed by atoms with van der Waals surface area (Å²) in [4.78, 5) is 17.6. The van der Waals surface area contributed by atoms with Gasteiger partial charge in [-0.1, -0.05) is 0 Å². The molecule has 0 radical (unpaired) electrons. The fourth-order valence-electron chi connectivity index (χ4n) is 2.17. The molecule has 0 spiro atoms. The minimum Gasteiger partial charge on any atom is -0.497 e. The van der Waals surface area contributed by atoms with E-state index in [2.05, 4.69) is 20.9 Å². The molecule has 0 amide bonds. The number of benzene rings is 1. The summed E-state index contributed by atoms with van der Waals surface area (Å²) in [6.45, 7) is 1.95. The number of Topliss-reactive ketones (excluding diaryl/α,β-unsaturated/α-hetero) is 1. The van der Waals surface area contributed by atoms with E-state index in [1.165, 1.54) is 0 Å². The van der Waals surface area contributed by atoms with Crippen LogP contribution >= 0.6 is 27.3 Å². The molecule has 2 aromatic rings. The van der Waals surface area contributed by atoms with Gasteiger partial charge >= 0.3 is 0 Å². The Morgan fingerprint density at radius 1 is 1.32 bits per heavy atom. The summed E-state index contributed by atoms with van der Waals surface area (Å²) in [5.74, 6) is 0.686. The van der Waals surface area contributed by atoms with E-state index in [-0.39, 0.29) is 5.78 Å². The van der Waals surface area contributed by atoms with Crippen molar-refractivity contribution in [3.63, 3.8) is 0 Å². The average molecular weight is 336 g/mol. The molecule has 0 saturated heterocycles. The lowest BCUT2D eigenvalue weighted by Gasteiger charge is -2.05. The Hall–Kier alpha value is -1.46. The van der Waals surface area contributed by atoms with Crippen molar-refractivity contribution in [1.82, 2.24) is 4.98 Å². The Labute approximate surface area is 123 Å². The molecular weight excluding hydrogens is 326 g/mol. The van der Waals surface area contributed by atoms with Crippen LogP contribution in [0.25, 0.3) is 5.57 Å². The number of ether oxygens (including phenoxy) is 1. The number of hydrogen-bond acceptors (Lipinski definition) is 4. The van der Waals surface area contributed by atoms with Crippen LogP contribution in [0.4, 0.5) is 0 Å². The van der Waals surface area contributed by atoms with Crippen LogP contribution in [0.1, 0.15) is 26.5 Å². The lowest BCUT2D eigenvalue weighted by Crippen LogP contribution is -1.95. The highest BCUT2D eigenvalue weighted by Crippen LogP contribution is 2.43. The first-order valence-electron chi connectivity index (χ1n) is 5.67. The number of aryl methyl sites for hydroxylation is 1. The van der Waals surface area contributed by atoms with Gasteiger partial charge in [0.05, 0.1) is 27.7 Å². The van der Waals surface area contributed by atoms with Crippen LogP contribution in [-0.2, 0) is 0 Å². The van der Waals surface area contributed by atoms with Crippen molar-refractivity contribution < 1.29 is 9.53 Å². The molecule has 1 heterocycles. The molecule has 5 heteroatoms.